The van der Waals surface area contributed by atoms with E-state index in [1.807, 2.05) is 30.3 Å². The van der Waals surface area contributed by atoms with Crippen molar-refractivity contribution in [3.63, 3.8) is 0 Å². The zero-order chi connectivity index (χ0) is 11.5. The van der Waals surface area contributed by atoms with E-state index in [2.05, 4.69) is 5.32 Å². The summed E-state index contributed by atoms with van der Waals surface area (Å²) in [6.45, 7) is 2.14. The van der Waals surface area contributed by atoms with Gasteiger partial charge in [-0.3, -0.25) is 9.59 Å². The van der Waals surface area contributed by atoms with Gasteiger partial charge in [-0.05, 0) is 19.1 Å². The second-order valence-corrected chi connectivity index (χ2v) is 3.29. The molecule has 0 aliphatic carbocycles. The molecule has 0 aromatic heterocycles. The Morgan fingerprint density at radius 1 is 1.12 bits per heavy atom. The van der Waals surface area contributed by atoms with E-state index < -0.39 is 10.9 Å². The van der Waals surface area contributed by atoms with Crippen molar-refractivity contribution >= 4 is 11.4 Å². The molecule has 0 bridgehead atoms. The Morgan fingerprint density at radius 2 is 1.81 bits per heavy atom. The highest BCUT2D eigenvalue weighted by atomic mass is 16.5. The van der Waals surface area contributed by atoms with Gasteiger partial charge >= 0.3 is 0 Å². The average Bonchev–Trinajstić information content (AvgIpc) is 2.34. The standard InChI is InChI=1S/C12H11NO3/c1-2-16-12-9(10(14)11(12)15)13-8-6-4-3-5-7-8/h3-7,13H,2H2,1H3. The number of nitrogens with one attached hydrogen (secondary N) is 1. The first kappa shape index (κ1) is 10.4. The fourth-order valence-electron chi connectivity index (χ4n) is 1.43. The van der Waals surface area contributed by atoms with E-state index in [1.54, 1.807) is 6.92 Å². The van der Waals surface area contributed by atoms with Gasteiger partial charge in [-0.25, -0.2) is 0 Å². The lowest BCUT2D eigenvalue weighted by Crippen LogP contribution is -2.35. The van der Waals surface area contributed by atoms with Crippen LogP contribution in [-0.4, -0.2) is 6.61 Å². The molecule has 82 valence electrons. The van der Waals surface area contributed by atoms with Crippen LogP contribution >= 0.6 is 0 Å². The minimum atomic E-state index is -0.555. The van der Waals surface area contributed by atoms with Gasteiger partial charge in [0.25, 0.3) is 10.9 Å². The SMILES string of the molecule is CCOc1c(Nc2ccccc2)c(=O)c1=O. The molecule has 0 fully saturated rings. The average molecular weight is 217 g/mol. The summed E-state index contributed by atoms with van der Waals surface area (Å²) < 4.78 is 5.09. The van der Waals surface area contributed by atoms with E-state index in [0.29, 0.717) is 6.61 Å². The Bertz CT molecular complexity index is 553. The summed E-state index contributed by atoms with van der Waals surface area (Å²) in [6.07, 6.45) is 0. The molecule has 4 nitrogen and oxygen atoms in total. The fraction of sp³-hybridized carbons (Fsp3) is 0.167. The topological polar surface area (TPSA) is 55.4 Å². The van der Waals surface area contributed by atoms with Crippen molar-refractivity contribution in [1.29, 1.82) is 0 Å². The van der Waals surface area contributed by atoms with Gasteiger partial charge in [-0.2, -0.15) is 0 Å². The van der Waals surface area contributed by atoms with Crippen molar-refractivity contribution in [2.45, 2.75) is 6.92 Å². The maximum Gasteiger partial charge on any atom is 0.272 e. The summed E-state index contributed by atoms with van der Waals surface area (Å²) in [4.78, 5) is 22.5. The van der Waals surface area contributed by atoms with Gasteiger partial charge in [-0.15, -0.1) is 0 Å². The molecule has 2 rings (SSSR count). The molecular weight excluding hydrogens is 206 g/mol. The molecule has 0 saturated heterocycles. The molecule has 0 unspecified atom stereocenters. The predicted molar refractivity (Wildman–Crippen MR) is 62.2 cm³/mol. The van der Waals surface area contributed by atoms with Crippen LogP contribution in [0.4, 0.5) is 11.4 Å². The van der Waals surface area contributed by atoms with E-state index in [-0.39, 0.29) is 11.4 Å². The Kier molecular flexibility index (Phi) is 2.72. The van der Waals surface area contributed by atoms with Gasteiger partial charge in [0.1, 0.15) is 5.69 Å². The maximum atomic E-state index is 11.3. The number of rotatable bonds is 4. The summed E-state index contributed by atoms with van der Waals surface area (Å²) in [5.41, 5.74) is -0.0683. The quantitative estimate of drug-likeness (QED) is 0.787. The van der Waals surface area contributed by atoms with Crippen LogP contribution in [0.2, 0.25) is 0 Å². The third kappa shape index (κ3) is 1.69. The summed E-state index contributed by atoms with van der Waals surface area (Å²) >= 11 is 0. The smallest absolute Gasteiger partial charge is 0.272 e. The number of hydrogen-bond donors (Lipinski definition) is 1. The van der Waals surface area contributed by atoms with Crippen molar-refractivity contribution in [2.24, 2.45) is 0 Å². The molecule has 0 saturated carbocycles. The van der Waals surface area contributed by atoms with Crippen LogP contribution in [0.3, 0.4) is 0 Å². The van der Waals surface area contributed by atoms with Gasteiger partial charge < -0.3 is 10.1 Å². The molecule has 0 heterocycles. The van der Waals surface area contributed by atoms with Crippen molar-refractivity contribution < 1.29 is 4.74 Å². The lowest BCUT2D eigenvalue weighted by Gasteiger charge is -2.12. The van der Waals surface area contributed by atoms with Crippen LogP contribution in [-0.2, 0) is 0 Å². The van der Waals surface area contributed by atoms with Gasteiger partial charge in [0.05, 0.1) is 6.61 Å². The predicted octanol–water partition coefficient (Wildman–Crippen LogP) is 1.42. The second-order valence-electron chi connectivity index (χ2n) is 3.29. The third-order valence-electron chi connectivity index (χ3n) is 2.20. The monoisotopic (exact) mass is 217 g/mol. The highest BCUT2D eigenvalue weighted by Crippen LogP contribution is 2.21. The Morgan fingerprint density at radius 3 is 2.44 bits per heavy atom. The minimum absolute atomic E-state index is 0.136. The van der Waals surface area contributed by atoms with Crippen molar-refractivity contribution in [1.82, 2.24) is 0 Å². The molecule has 2 aromatic carbocycles. The highest BCUT2D eigenvalue weighted by Gasteiger charge is 2.22. The van der Waals surface area contributed by atoms with Gasteiger partial charge in [0, 0.05) is 5.69 Å². The third-order valence-corrected chi connectivity index (χ3v) is 2.20. The molecule has 0 radical (unpaired) electrons. The molecular formula is C12H11NO3. The summed E-state index contributed by atoms with van der Waals surface area (Å²) in [5, 5.41) is 2.88. The Hall–Kier alpha value is -2.10. The van der Waals surface area contributed by atoms with E-state index >= 15 is 0 Å². The van der Waals surface area contributed by atoms with E-state index in [1.165, 1.54) is 0 Å². The van der Waals surface area contributed by atoms with Crippen LogP contribution in [0.25, 0.3) is 0 Å². The highest BCUT2D eigenvalue weighted by molar-refractivity contribution is 5.69. The van der Waals surface area contributed by atoms with Crippen molar-refractivity contribution in [2.75, 3.05) is 11.9 Å². The summed E-state index contributed by atoms with van der Waals surface area (Å²) in [6, 6.07) is 9.18. The zero-order valence-electron chi connectivity index (χ0n) is 8.82. The van der Waals surface area contributed by atoms with Crippen molar-refractivity contribution in [3.8, 4) is 5.75 Å². The van der Waals surface area contributed by atoms with Crippen LogP contribution in [0.1, 0.15) is 6.92 Å². The minimum Gasteiger partial charge on any atom is -0.488 e. The van der Waals surface area contributed by atoms with Gasteiger partial charge in [0.15, 0.2) is 5.75 Å². The molecule has 16 heavy (non-hydrogen) atoms. The maximum absolute atomic E-state index is 11.3. The number of ether oxygens (including phenoxy) is 1. The number of hydrogen-bond acceptors (Lipinski definition) is 4. The Balaban J connectivity index is 2.26. The van der Waals surface area contributed by atoms with Gasteiger partial charge in [-0.1, -0.05) is 18.2 Å². The largest absolute Gasteiger partial charge is 0.488 e. The molecule has 0 aliphatic rings. The normalized spacial score (nSPS) is 10.3. The molecule has 0 atom stereocenters. The lowest BCUT2D eigenvalue weighted by molar-refractivity contribution is 0.335. The second kappa shape index (κ2) is 4.18. The molecule has 4 heteroatoms. The lowest BCUT2D eigenvalue weighted by atomic mass is 10.2. The fourth-order valence-corrected chi connectivity index (χ4v) is 1.43. The van der Waals surface area contributed by atoms with Crippen LogP contribution < -0.4 is 20.9 Å². The molecule has 2 aromatic rings. The zero-order valence-corrected chi connectivity index (χ0v) is 8.82. The van der Waals surface area contributed by atoms with Gasteiger partial charge in [0.2, 0.25) is 0 Å². The molecule has 1 N–H and O–H groups in total. The molecule has 0 spiro atoms. The summed E-state index contributed by atoms with van der Waals surface area (Å²) in [5.74, 6) is 0.136. The van der Waals surface area contributed by atoms with E-state index in [0.717, 1.165) is 5.69 Å². The van der Waals surface area contributed by atoms with E-state index in [9.17, 15) is 9.59 Å². The van der Waals surface area contributed by atoms with Crippen LogP contribution in [0, 0.1) is 0 Å². The molecule has 0 amide bonds. The molecule has 0 aliphatic heterocycles. The van der Waals surface area contributed by atoms with Crippen molar-refractivity contribution in [3.05, 3.63) is 50.8 Å². The van der Waals surface area contributed by atoms with Crippen LogP contribution in [0.5, 0.6) is 5.75 Å². The number of para-hydroxylation sites is 1. The van der Waals surface area contributed by atoms with Crippen LogP contribution in [0.15, 0.2) is 39.9 Å². The first-order valence-electron chi connectivity index (χ1n) is 5.02. The first-order valence-corrected chi connectivity index (χ1v) is 5.02. The Labute approximate surface area is 92.2 Å². The van der Waals surface area contributed by atoms with E-state index in [4.69, 9.17) is 4.74 Å². The first-order chi connectivity index (χ1) is 7.74. The summed E-state index contributed by atoms with van der Waals surface area (Å²) in [7, 11) is 0. The number of anilines is 2. The number of benzene rings is 1.